The van der Waals surface area contributed by atoms with Crippen LogP contribution in [-0.2, 0) is 4.79 Å². The fraction of sp³-hybridized carbons (Fsp3) is 0.588. The van der Waals surface area contributed by atoms with Gasteiger partial charge in [0.2, 0.25) is 0 Å². The highest BCUT2D eigenvalue weighted by Crippen LogP contribution is 2.33. The average molecular weight is 280 g/mol. The Hall–Kier alpha value is -1.25. The van der Waals surface area contributed by atoms with Crippen molar-refractivity contribution in [3.8, 4) is 0 Å². The monoisotopic (exact) mass is 280 g/mol. The van der Waals surface area contributed by atoms with Crippen LogP contribution in [0.2, 0.25) is 0 Å². The van der Waals surface area contributed by atoms with E-state index in [2.05, 4.69) is 6.92 Å². The molecule has 0 saturated heterocycles. The number of rotatable bonds is 7. The first kappa shape index (κ1) is 15.1. The SMILES string of the molecule is CCCC(CCCC1CC(=O)C1)c1cccc(F)c1F. The van der Waals surface area contributed by atoms with Crippen LogP contribution in [0.5, 0.6) is 0 Å². The quantitative estimate of drug-likeness (QED) is 0.687. The van der Waals surface area contributed by atoms with Gasteiger partial charge in [-0.3, -0.25) is 4.79 Å². The van der Waals surface area contributed by atoms with E-state index in [1.54, 1.807) is 12.1 Å². The van der Waals surface area contributed by atoms with Crippen LogP contribution in [0.4, 0.5) is 8.78 Å². The predicted molar refractivity (Wildman–Crippen MR) is 75.6 cm³/mol. The van der Waals surface area contributed by atoms with Crippen LogP contribution >= 0.6 is 0 Å². The molecule has 1 aromatic rings. The van der Waals surface area contributed by atoms with Crippen LogP contribution in [0, 0.1) is 17.6 Å². The van der Waals surface area contributed by atoms with Crippen molar-refractivity contribution in [1.29, 1.82) is 0 Å². The van der Waals surface area contributed by atoms with Gasteiger partial charge in [-0.1, -0.05) is 31.9 Å². The van der Waals surface area contributed by atoms with Gasteiger partial charge in [-0.05, 0) is 42.7 Å². The first-order chi connectivity index (χ1) is 9.61. The Kier molecular flexibility index (Phi) is 5.27. The maximum absolute atomic E-state index is 13.9. The van der Waals surface area contributed by atoms with Crippen molar-refractivity contribution in [3.63, 3.8) is 0 Å². The summed E-state index contributed by atoms with van der Waals surface area (Å²) in [5.41, 5.74) is 0.511. The first-order valence-corrected chi connectivity index (χ1v) is 7.57. The average Bonchev–Trinajstić information content (AvgIpc) is 2.39. The highest BCUT2D eigenvalue weighted by atomic mass is 19.2. The number of halogens is 2. The van der Waals surface area contributed by atoms with Gasteiger partial charge in [0.05, 0.1) is 0 Å². The van der Waals surface area contributed by atoms with E-state index in [0.29, 0.717) is 30.1 Å². The molecule has 1 fully saturated rings. The third-order valence-electron chi connectivity index (χ3n) is 4.26. The predicted octanol–water partition coefficient (Wildman–Crippen LogP) is 5.00. The third kappa shape index (κ3) is 3.65. The molecule has 1 aromatic carbocycles. The van der Waals surface area contributed by atoms with Crippen LogP contribution in [0.3, 0.4) is 0 Å². The van der Waals surface area contributed by atoms with Gasteiger partial charge in [-0.2, -0.15) is 0 Å². The summed E-state index contributed by atoms with van der Waals surface area (Å²) in [6, 6.07) is 4.45. The fourth-order valence-corrected chi connectivity index (χ4v) is 3.08. The van der Waals surface area contributed by atoms with Gasteiger partial charge in [0.15, 0.2) is 11.6 Å². The number of benzene rings is 1. The highest BCUT2D eigenvalue weighted by molar-refractivity contribution is 5.84. The molecule has 2 rings (SSSR count). The largest absolute Gasteiger partial charge is 0.300 e. The molecule has 0 aromatic heterocycles. The maximum atomic E-state index is 13.9. The summed E-state index contributed by atoms with van der Waals surface area (Å²) in [5.74, 6) is -0.470. The van der Waals surface area contributed by atoms with Crippen LogP contribution in [0.1, 0.15) is 63.4 Å². The molecule has 1 aliphatic carbocycles. The lowest BCUT2D eigenvalue weighted by atomic mass is 9.79. The van der Waals surface area contributed by atoms with Crippen molar-refractivity contribution in [2.45, 2.75) is 57.8 Å². The van der Waals surface area contributed by atoms with Gasteiger partial charge in [-0.15, -0.1) is 0 Å². The molecular formula is C17H22F2O. The topological polar surface area (TPSA) is 17.1 Å². The van der Waals surface area contributed by atoms with E-state index in [1.165, 1.54) is 6.07 Å². The van der Waals surface area contributed by atoms with Gasteiger partial charge in [0, 0.05) is 12.8 Å². The number of Topliss-reactive ketones (excluding diaryl/α,β-unsaturated/α-hetero) is 1. The molecule has 1 atom stereocenters. The minimum atomic E-state index is -0.756. The molecule has 0 spiro atoms. The lowest BCUT2D eigenvalue weighted by molar-refractivity contribution is -0.127. The third-order valence-corrected chi connectivity index (χ3v) is 4.26. The molecule has 0 aliphatic heterocycles. The summed E-state index contributed by atoms with van der Waals surface area (Å²) < 4.78 is 27.2. The zero-order valence-corrected chi connectivity index (χ0v) is 12.0. The molecule has 0 heterocycles. The molecule has 20 heavy (non-hydrogen) atoms. The Bertz CT molecular complexity index is 462. The lowest BCUT2D eigenvalue weighted by Gasteiger charge is -2.25. The van der Waals surface area contributed by atoms with Crippen LogP contribution in [0.15, 0.2) is 18.2 Å². The van der Waals surface area contributed by atoms with E-state index in [1.807, 2.05) is 0 Å². The summed E-state index contributed by atoms with van der Waals surface area (Å²) in [6.07, 6.45) is 6.16. The molecule has 0 radical (unpaired) electrons. The summed E-state index contributed by atoms with van der Waals surface area (Å²) in [4.78, 5) is 10.9. The van der Waals surface area contributed by atoms with Gasteiger partial charge < -0.3 is 0 Å². The number of ketones is 1. The molecule has 1 nitrogen and oxygen atoms in total. The lowest BCUT2D eigenvalue weighted by Crippen LogP contribution is -2.23. The second-order valence-corrected chi connectivity index (χ2v) is 5.87. The Morgan fingerprint density at radius 1 is 1.25 bits per heavy atom. The molecular weight excluding hydrogens is 258 g/mol. The number of hydrogen-bond donors (Lipinski definition) is 0. The fourth-order valence-electron chi connectivity index (χ4n) is 3.08. The van der Waals surface area contributed by atoms with Crippen molar-refractivity contribution in [3.05, 3.63) is 35.4 Å². The van der Waals surface area contributed by atoms with E-state index in [9.17, 15) is 13.6 Å². The Labute approximate surface area is 119 Å². The van der Waals surface area contributed by atoms with Gasteiger partial charge in [0.25, 0.3) is 0 Å². The maximum Gasteiger partial charge on any atom is 0.162 e. The summed E-state index contributed by atoms with van der Waals surface area (Å²) in [5, 5.41) is 0. The van der Waals surface area contributed by atoms with Gasteiger partial charge in [0.1, 0.15) is 5.78 Å². The first-order valence-electron chi connectivity index (χ1n) is 7.57. The van der Waals surface area contributed by atoms with Crippen LogP contribution in [0.25, 0.3) is 0 Å². The Balaban J connectivity index is 1.92. The number of hydrogen-bond acceptors (Lipinski definition) is 1. The summed E-state index contributed by atoms with van der Waals surface area (Å²) in [6.45, 7) is 2.06. The molecule has 0 N–H and O–H groups in total. The minimum Gasteiger partial charge on any atom is -0.300 e. The van der Waals surface area contributed by atoms with E-state index >= 15 is 0 Å². The smallest absolute Gasteiger partial charge is 0.162 e. The Morgan fingerprint density at radius 2 is 2.00 bits per heavy atom. The zero-order chi connectivity index (χ0) is 14.5. The van der Waals surface area contributed by atoms with E-state index < -0.39 is 11.6 Å². The molecule has 1 saturated carbocycles. The molecule has 0 amide bonds. The highest BCUT2D eigenvalue weighted by Gasteiger charge is 2.26. The van der Waals surface area contributed by atoms with Crippen LogP contribution < -0.4 is 0 Å². The van der Waals surface area contributed by atoms with E-state index in [-0.39, 0.29) is 5.92 Å². The van der Waals surface area contributed by atoms with Gasteiger partial charge in [-0.25, -0.2) is 8.78 Å². The summed E-state index contributed by atoms with van der Waals surface area (Å²) in [7, 11) is 0. The van der Waals surface area contributed by atoms with Crippen molar-refractivity contribution in [2.24, 2.45) is 5.92 Å². The Morgan fingerprint density at radius 3 is 2.65 bits per heavy atom. The van der Waals surface area contributed by atoms with E-state index in [0.717, 1.165) is 32.1 Å². The number of carbonyl (C=O) groups is 1. The van der Waals surface area contributed by atoms with Crippen molar-refractivity contribution in [2.75, 3.05) is 0 Å². The van der Waals surface area contributed by atoms with Crippen LogP contribution in [-0.4, -0.2) is 5.78 Å². The van der Waals surface area contributed by atoms with Crippen molar-refractivity contribution in [1.82, 2.24) is 0 Å². The standard InChI is InChI=1S/C17H22F2O/c1-2-5-13(7-3-6-12-10-14(20)11-12)15-8-4-9-16(18)17(15)19/h4,8-9,12-13H,2-3,5-7,10-11H2,1H3. The van der Waals surface area contributed by atoms with Crippen molar-refractivity contribution >= 4 is 5.78 Å². The molecule has 1 unspecified atom stereocenters. The number of carbonyl (C=O) groups excluding carboxylic acids is 1. The summed E-state index contributed by atoms with van der Waals surface area (Å²) >= 11 is 0. The molecule has 110 valence electrons. The zero-order valence-electron chi connectivity index (χ0n) is 12.0. The molecule has 3 heteroatoms. The van der Waals surface area contributed by atoms with Gasteiger partial charge >= 0.3 is 0 Å². The second-order valence-electron chi connectivity index (χ2n) is 5.87. The normalized spacial score (nSPS) is 17.1. The van der Waals surface area contributed by atoms with E-state index in [4.69, 9.17) is 0 Å². The molecule has 0 bridgehead atoms. The minimum absolute atomic E-state index is 0.0893. The van der Waals surface area contributed by atoms with Crippen molar-refractivity contribution < 1.29 is 13.6 Å². The molecule has 1 aliphatic rings. The second kappa shape index (κ2) is 6.96.